The van der Waals surface area contributed by atoms with Crippen LogP contribution in [0.1, 0.15) is 36.1 Å². The smallest absolute Gasteiger partial charge is 0.295 e. The molecular weight excluding hydrogens is 434 g/mol. The largest absolute Gasteiger partial charge is 0.507 e. The number of carbonyl (C=O) groups excluding carboxylic acids is 2. The van der Waals surface area contributed by atoms with Gasteiger partial charge >= 0.3 is 0 Å². The monoisotopic (exact) mass is 463 g/mol. The van der Waals surface area contributed by atoms with Gasteiger partial charge in [0.1, 0.15) is 30.0 Å². The Labute approximate surface area is 199 Å². The molecule has 0 bridgehead atoms. The summed E-state index contributed by atoms with van der Waals surface area (Å²) >= 11 is 0. The van der Waals surface area contributed by atoms with Crippen LogP contribution in [-0.2, 0) is 20.7 Å². The summed E-state index contributed by atoms with van der Waals surface area (Å²) in [6, 6.07) is 11.8. The van der Waals surface area contributed by atoms with Gasteiger partial charge < -0.3 is 24.2 Å². The van der Waals surface area contributed by atoms with Crippen molar-refractivity contribution in [1.82, 2.24) is 4.90 Å². The molecule has 2 unspecified atom stereocenters. The zero-order chi connectivity index (χ0) is 24.2. The van der Waals surface area contributed by atoms with Gasteiger partial charge in [-0.1, -0.05) is 24.8 Å². The third kappa shape index (κ3) is 4.56. The molecule has 1 N–H and O–H groups in total. The molecular formula is C27H29NO6. The lowest BCUT2D eigenvalue weighted by molar-refractivity contribution is -0.140. The van der Waals surface area contributed by atoms with Crippen LogP contribution in [0.3, 0.4) is 0 Å². The van der Waals surface area contributed by atoms with Crippen LogP contribution in [0, 0.1) is 0 Å². The van der Waals surface area contributed by atoms with Crippen molar-refractivity contribution in [3.8, 4) is 11.5 Å². The number of hydrogen-bond donors (Lipinski definition) is 1. The molecule has 34 heavy (non-hydrogen) atoms. The van der Waals surface area contributed by atoms with E-state index < -0.39 is 17.7 Å². The van der Waals surface area contributed by atoms with Crippen LogP contribution in [0.2, 0.25) is 0 Å². The molecule has 2 heterocycles. The minimum atomic E-state index is -0.714. The first-order valence-electron chi connectivity index (χ1n) is 11.4. The van der Waals surface area contributed by atoms with Crippen molar-refractivity contribution in [2.24, 2.45) is 0 Å². The zero-order valence-electron chi connectivity index (χ0n) is 19.5. The molecule has 2 aromatic rings. The Morgan fingerprint density at radius 2 is 2.00 bits per heavy atom. The number of aliphatic hydroxyl groups excluding tert-OH is 1. The average Bonchev–Trinajstić information content (AvgIpc) is 3.33. The molecule has 1 amide bonds. The van der Waals surface area contributed by atoms with Gasteiger partial charge in [0.2, 0.25) is 0 Å². The number of benzene rings is 2. The third-order valence-corrected chi connectivity index (χ3v) is 6.02. The van der Waals surface area contributed by atoms with Gasteiger partial charge in [-0.3, -0.25) is 9.59 Å². The van der Waals surface area contributed by atoms with Crippen LogP contribution >= 0.6 is 0 Å². The summed E-state index contributed by atoms with van der Waals surface area (Å²) in [5, 5.41) is 11.3. The number of hydrogen-bond acceptors (Lipinski definition) is 6. The Hall–Kier alpha value is -3.58. The molecule has 4 rings (SSSR count). The first kappa shape index (κ1) is 23.6. The minimum Gasteiger partial charge on any atom is -0.507 e. The highest BCUT2D eigenvalue weighted by Gasteiger charge is 2.45. The van der Waals surface area contributed by atoms with Crippen LogP contribution < -0.4 is 9.47 Å². The maximum atomic E-state index is 13.1. The standard InChI is InChI=1S/C27H29NO6/c1-4-13-33-21-9-6-18(7-10-21)24-23(26(30)27(31)28(24)12-5-14-32-3)25(29)19-8-11-22-20(16-19)15-17(2)34-22/h4,6-11,16-17,24,29H,1,5,12-15H2,2-3H3/b25-23-. The molecule has 1 saturated heterocycles. The molecule has 7 heteroatoms. The molecule has 2 aromatic carbocycles. The van der Waals surface area contributed by atoms with Crippen molar-refractivity contribution in [2.75, 3.05) is 26.9 Å². The predicted octanol–water partition coefficient (Wildman–Crippen LogP) is 4.03. The Morgan fingerprint density at radius 3 is 2.71 bits per heavy atom. The molecule has 0 spiro atoms. The first-order chi connectivity index (χ1) is 16.4. The molecule has 0 radical (unpaired) electrons. The minimum absolute atomic E-state index is 0.0561. The lowest BCUT2D eigenvalue weighted by Crippen LogP contribution is -2.31. The predicted molar refractivity (Wildman–Crippen MR) is 128 cm³/mol. The summed E-state index contributed by atoms with van der Waals surface area (Å²) in [6.45, 7) is 6.77. The summed E-state index contributed by atoms with van der Waals surface area (Å²) in [5.74, 6) is -0.0971. The molecule has 1 fully saturated rings. The molecule has 2 atom stereocenters. The van der Waals surface area contributed by atoms with E-state index in [1.165, 1.54) is 4.90 Å². The number of amides is 1. The lowest BCUT2D eigenvalue weighted by atomic mass is 9.94. The van der Waals surface area contributed by atoms with E-state index in [2.05, 4.69) is 6.58 Å². The van der Waals surface area contributed by atoms with Gasteiger partial charge in [-0.05, 0) is 54.8 Å². The Morgan fingerprint density at radius 1 is 1.24 bits per heavy atom. The fourth-order valence-corrected chi connectivity index (χ4v) is 4.46. The number of ketones is 1. The average molecular weight is 464 g/mol. The first-order valence-corrected chi connectivity index (χ1v) is 11.4. The van der Waals surface area contributed by atoms with Gasteiger partial charge in [-0.2, -0.15) is 0 Å². The lowest BCUT2D eigenvalue weighted by Gasteiger charge is -2.25. The third-order valence-electron chi connectivity index (χ3n) is 6.02. The number of rotatable bonds is 9. The quantitative estimate of drug-likeness (QED) is 0.199. The number of likely N-dealkylation sites (tertiary alicyclic amines) is 1. The number of nitrogens with zero attached hydrogens (tertiary/aromatic N) is 1. The maximum absolute atomic E-state index is 13.1. The van der Waals surface area contributed by atoms with Crippen LogP contribution in [0.15, 0.2) is 60.7 Å². The topological polar surface area (TPSA) is 85.3 Å². The molecule has 178 valence electrons. The summed E-state index contributed by atoms with van der Waals surface area (Å²) < 4.78 is 16.4. The fourth-order valence-electron chi connectivity index (χ4n) is 4.46. The van der Waals surface area contributed by atoms with Crippen LogP contribution in [-0.4, -0.2) is 54.7 Å². The van der Waals surface area contributed by atoms with Gasteiger partial charge in [-0.15, -0.1) is 0 Å². The highest BCUT2D eigenvalue weighted by atomic mass is 16.5. The van der Waals surface area contributed by atoms with E-state index in [1.807, 2.05) is 25.1 Å². The normalized spacial score (nSPS) is 20.8. The Bertz CT molecular complexity index is 1120. The molecule has 7 nitrogen and oxygen atoms in total. The SMILES string of the molecule is C=CCOc1ccc(C2/C(=C(/O)c3ccc4c(c3)CC(C)O4)C(=O)C(=O)N2CCCOC)cc1. The van der Waals surface area contributed by atoms with E-state index >= 15 is 0 Å². The van der Waals surface area contributed by atoms with Crippen molar-refractivity contribution < 1.29 is 28.9 Å². The van der Waals surface area contributed by atoms with Gasteiger partial charge in [0, 0.05) is 32.2 Å². The van der Waals surface area contributed by atoms with Crippen LogP contribution in [0.25, 0.3) is 5.76 Å². The van der Waals surface area contributed by atoms with E-state index in [1.54, 1.807) is 37.5 Å². The van der Waals surface area contributed by atoms with Crippen LogP contribution in [0.5, 0.6) is 11.5 Å². The number of carbonyl (C=O) groups is 2. The number of ether oxygens (including phenoxy) is 3. The zero-order valence-corrected chi connectivity index (χ0v) is 19.5. The van der Waals surface area contributed by atoms with Crippen molar-refractivity contribution >= 4 is 17.4 Å². The summed E-state index contributed by atoms with van der Waals surface area (Å²) in [5.41, 5.74) is 2.24. The second-order valence-electron chi connectivity index (χ2n) is 8.46. The van der Waals surface area contributed by atoms with E-state index in [0.29, 0.717) is 43.1 Å². The van der Waals surface area contributed by atoms with Gasteiger partial charge in [-0.25, -0.2) is 0 Å². The second-order valence-corrected chi connectivity index (χ2v) is 8.46. The molecule has 2 aliphatic rings. The fraction of sp³-hybridized carbons (Fsp3) is 0.333. The number of methoxy groups -OCH3 is 1. The summed E-state index contributed by atoms with van der Waals surface area (Å²) in [6.07, 6.45) is 2.99. The summed E-state index contributed by atoms with van der Waals surface area (Å²) in [7, 11) is 1.59. The van der Waals surface area contributed by atoms with E-state index in [4.69, 9.17) is 14.2 Å². The Balaban J connectivity index is 1.75. The van der Waals surface area contributed by atoms with E-state index in [0.717, 1.165) is 17.7 Å². The number of fused-ring (bicyclic) bond motifs is 1. The molecule has 0 aromatic heterocycles. The summed E-state index contributed by atoms with van der Waals surface area (Å²) in [4.78, 5) is 27.6. The molecule has 0 aliphatic carbocycles. The van der Waals surface area contributed by atoms with Gasteiger partial charge in [0.05, 0.1) is 11.6 Å². The molecule has 0 saturated carbocycles. The van der Waals surface area contributed by atoms with Crippen molar-refractivity contribution in [3.05, 3.63) is 77.4 Å². The van der Waals surface area contributed by atoms with Crippen molar-refractivity contribution in [3.63, 3.8) is 0 Å². The maximum Gasteiger partial charge on any atom is 0.295 e. The highest BCUT2D eigenvalue weighted by Crippen LogP contribution is 2.41. The van der Waals surface area contributed by atoms with E-state index in [-0.39, 0.29) is 17.4 Å². The van der Waals surface area contributed by atoms with E-state index in [9.17, 15) is 14.7 Å². The highest BCUT2D eigenvalue weighted by molar-refractivity contribution is 6.46. The van der Waals surface area contributed by atoms with Crippen LogP contribution in [0.4, 0.5) is 0 Å². The number of Topliss-reactive ketones (excluding diaryl/α,β-unsaturated/α-hetero) is 1. The van der Waals surface area contributed by atoms with Crippen molar-refractivity contribution in [2.45, 2.75) is 31.9 Å². The second kappa shape index (κ2) is 10.1. The van der Waals surface area contributed by atoms with Gasteiger partial charge in [0.15, 0.2) is 0 Å². The Kier molecular flexibility index (Phi) is 7.03. The number of aliphatic hydroxyl groups is 1. The van der Waals surface area contributed by atoms with Crippen molar-refractivity contribution in [1.29, 1.82) is 0 Å². The molecule has 2 aliphatic heterocycles. The van der Waals surface area contributed by atoms with Gasteiger partial charge in [0.25, 0.3) is 11.7 Å².